The van der Waals surface area contributed by atoms with Gasteiger partial charge in [0.1, 0.15) is 18.4 Å². The van der Waals surface area contributed by atoms with Crippen LogP contribution in [0.5, 0.6) is 5.75 Å². The Kier molecular flexibility index (Phi) is 3.54. The molecule has 1 heterocycles. The van der Waals surface area contributed by atoms with Crippen LogP contribution in [0.1, 0.15) is 12.5 Å². The summed E-state index contributed by atoms with van der Waals surface area (Å²) in [6, 6.07) is 4.90. The molecule has 0 saturated carbocycles. The van der Waals surface area contributed by atoms with Crippen molar-refractivity contribution in [2.75, 3.05) is 13.2 Å². The van der Waals surface area contributed by atoms with Crippen LogP contribution >= 0.6 is 11.6 Å². The van der Waals surface area contributed by atoms with Crippen molar-refractivity contribution >= 4 is 17.6 Å². The number of rotatable bonds is 2. The highest BCUT2D eigenvalue weighted by Crippen LogP contribution is 2.26. The molecule has 92 valence electrons. The molecule has 1 unspecified atom stereocenters. The second-order valence-electron chi connectivity index (χ2n) is 4.09. The summed E-state index contributed by atoms with van der Waals surface area (Å²) in [6.45, 7) is 3.31. The lowest BCUT2D eigenvalue weighted by molar-refractivity contribution is -0.142. The van der Waals surface area contributed by atoms with E-state index in [2.05, 4.69) is 0 Å². The second kappa shape index (κ2) is 4.94. The minimum Gasteiger partial charge on any atom is -0.492 e. The molecule has 0 aliphatic carbocycles. The van der Waals surface area contributed by atoms with Crippen molar-refractivity contribution < 1.29 is 14.6 Å². The number of hydrogen-bond donors (Lipinski definition) is 1. The van der Waals surface area contributed by atoms with Gasteiger partial charge in [-0.25, -0.2) is 0 Å². The van der Waals surface area contributed by atoms with Crippen molar-refractivity contribution in [2.24, 2.45) is 0 Å². The van der Waals surface area contributed by atoms with Gasteiger partial charge in [0.25, 0.3) is 0 Å². The lowest BCUT2D eigenvalue weighted by atomic mass is 10.1. The van der Waals surface area contributed by atoms with Crippen LogP contribution in [-0.4, -0.2) is 35.2 Å². The first-order valence-electron chi connectivity index (χ1n) is 5.46. The zero-order valence-electron chi connectivity index (χ0n) is 9.52. The number of carboxylic acids is 1. The summed E-state index contributed by atoms with van der Waals surface area (Å²) in [6.07, 6.45) is 0. The average molecular weight is 256 g/mol. The monoisotopic (exact) mass is 255 g/mol. The Balaban J connectivity index is 2.24. The van der Waals surface area contributed by atoms with E-state index in [1.165, 1.54) is 0 Å². The highest BCUT2D eigenvalue weighted by atomic mass is 35.5. The maximum atomic E-state index is 11.0. The van der Waals surface area contributed by atoms with Crippen LogP contribution in [0.4, 0.5) is 0 Å². The van der Waals surface area contributed by atoms with Gasteiger partial charge in [0.2, 0.25) is 0 Å². The Bertz CT molecular complexity index is 436. The fraction of sp³-hybridized carbons (Fsp3) is 0.417. The molecule has 0 fully saturated rings. The molecule has 1 atom stereocenters. The maximum Gasteiger partial charge on any atom is 0.320 e. The number of benzene rings is 1. The molecule has 1 aromatic rings. The molecule has 4 nitrogen and oxygen atoms in total. The van der Waals surface area contributed by atoms with Gasteiger partial charge in [-0.3, -0.25) is 9.69 Å². The van der Waals surface area contributed by atoms with Crippen molar-refractivity contribution in [3.05, 3.63) is 28.8 Å². The van der Waals surface area contributed by atoms with Crippen LogP contribution in [0.25, 0.3) is 0 Å². The number of halogens is 1. The van der Waals surface area contributed by atoms with Crippen LogP contribution < -0.4 is 4.74 Å². The Hall–Kier alpha value is -1.26. The minimum atomic E-state index is -0.824. The summed E-state index contributed by atoms with van der Waals surface area (Å²) in [5.41, 5.74) is 0.933. The lowest BCUT2D eigenvalue weighted by Gasteiger charge is -2.23. The summed E-state index contributed by atoms with van der Waals surface area (Å²) >= 11 is 5.93. The van der Waals surface area contributed by atoms with Gasteiger partial charge >= 0.3 is 5.97 Å². The first kappa shape index (κ1) is 12.2. The maximum absolute atomic E-state index is 11.0. The molecule has 0 amide bonds. The van der Waals surface area contributed by atoms with Gasteiger partial charge in [-0.1, -0.05) is 11.6 Å². The van der Waals surface area contributed by atoms with E-state index in [9.17, 15) is 4.79 Å². The smallest absolute Gasteiger partial charge is 0.320 e. The van der Waals surface area contributed by atoms with Crippen molar-refractivity contribution in [1.29, 1.82) is 0 Å². The number of hydrogen-bond acceptors (Lipinski definition) is 3. The van der Waals surface area contributed by atoms with Crippen LogP contribution in [0.15, 0.2) is 18.2 Å². The van der Waals surface area contributed by atoms with Crippen molar-refractivity contribution in [3.8, 4) is 5.75 Å². The van der Waals surface area contributed by atoms with E-state index in [0.717, 1.165) is 11.3 Å². The van der Waals surface area contributed by atoms with E-state index >= 15 is 0 Å². The summed E-state index contributed by atoms with van der Waals surface area (Å²) in [4.78, 5) is 12.8. The fourth-order valence-electron chi connectivity index (χ4n) is 1.87. The Morgan fingerprint density at radius 2 is 2.35 bits per heavy atom. The normalized spacial score (nSPS) is 17.8. The summed E-state index contributed by atoms with van der Waals surface area (Å²) in [5.74, 6) is -0.0371. The highest BCUT2D eigenvalue weighted by molar-refractivity contribution is 6.30. The number of fused-ring (bicyclic) bond motifs is 1. The van der Waals surface area contributed by atoms with Crippen molar-refractivity contribution in [3.63, 3.8) is 0 Å². The third-order valence-corrected chi connectivity index (χ3v) is 3.17. The van der Waals surface area contributed by atoms with E-state index in [0.29, 0.717) is 24.7 Å². The molecule has 0 radical (unpaired) electrons. The number of carbonyl (C=O) groups is 1. The molecule has 1 aliphatic rings. The van der Waals surface area contributed by atoms with E-state index in [1.807, 2.05) is 17.0 Å². The SMILES string of the molecule is CC(C(=O)O)N1CCOc2ccc(Cl)cc2C1. The molecule has 2 rings (SSSR count). The molecular weight excluding hydrogens is 242 g/mol. The van der Waals surface area contributed by atoms with Gasteiger partial charge in [-0.15, -0.1) is 0 Å². The van der Waals surface area contributed by atoms with Gasteiger partial charge in [0, 0.05) is 23.7 Å². The number of ether oxygens (including phenoxy) is 1. The summed E-state index contributed by atoms with van der Waals surface area (Å²) in [5, 5.41) is 9.66. The highest BCUT2D eigenvalue weighted by Gasteiger charge is 2.24. The first-order chi connectivity index (χ1) is 8.08. The second-order valence-corrected chi connectivity index (χ2v) is 4.52. The minimum absolute atomic E-state index is 0.492. The quantitative estimate of drug-likeness (QED) is 0.878. The molecule has 1 aromatic carbocycles. The molecule has 17 heavy (non-hydrogen) atoms. The third-order valence-electron chi connectivity index (χ3n) is 2.94. The van der Waals surface area contributed by atoms with E-state index in [1.54, 1.807) is 13.0 Å². The topological polar surface area (TPSA) is 49.8 Å². The van der Waals surface area contributed by atoms with Gasteiger partial charge < -0.3 is 9.84 Å². The van der Waals surface area contributed by atoms with Gasteiger partial charge in [-0.05, 0) is 25.1 Å². The van der Waals surface area contributed by atoms with Crippen molar-refractivity contribution in [2.45, 2.75) is 19.5 Å². The zero-order chi connectivity index (χ0) is 12.4. The fourth-order valence-corrected chi connectivity index (χ4v) is 2.06. The van der Waals surface area contributed by atoms with Gasteiger partial charge in [0.05, 0.1) is 0 Å². The number of nitrogens with zero attached hydrogens (tertiary/aromatic N) is 1. The molecular formula is C12H14ClNO3. The number of carboxylic acid groups (broad SMARTS) is 1. The Labute approximate surface area is 105 Å². The van der Waals surface area contributed by atoms with Crippen molar-refractivity contribution in [1.82, 2.24) is 4.90 Å². The summed E-state index contributed by atoms with van der Waals surface area (Å²) in [7, 11) is 0. The molecule has 0 spiro atoms. The molecule has 5 heteroatoms. The Morgan fingerprint density at radius 1 is 1.59 bits per heavy atom. The van der Waals surface area contributed by atoms with Crippen LogP contribution in [0.3, 0.4) is 0 Å². The average Bonchev–Trinajstić information content (AvgIpc) is 2.49. The van der Waals surface area contributed by atoms with E-state index in [-0.39, 0.29) is 0 Å². The lowest BCUT2D eigenvalue weighted by Crippen LogP contribution is -2.39. The standard InChI is InChI=1S/C12H14ClNO3/c1-8(12(15)16)14-4-5-17-11-3-2-10(13)6-9(11)7-14/h2-3,6,8H,4-5,7H2,1H3,(H,15,16). The molecule has 0 saturated heterocycles. The molecule has 1 aliphatic heterocycles. The van der Waals surface area contributed by atoms with E-state index < -0.39 is 12.0 Å². The van der Waals surface area contributed by atoms with Crippen LogP contribution in [0, 0.1) is 0 Å². The van der Waals surface area contributed by atoms with Gasteiger partial charge in [0.15, 0.2) is 0 Å². The van der Waals surface area contributed by atoms with Gasteiger partial charge in [-0.2, -0.15) is 0 Å². The predicted octanol–water partition coefficient (Wildman–Crippen LogP) is 2.01. The molecule has 1 N–H and O–H groups in total. The van der Waals surface area contributed by atoms with E-state index in [4.69, 9.17) is 21.4 Å². The molecule has 0 bridgehead atoms. The first-order valence-corrected chi connectivity index (χ1v) is 5.84. The zero-order valence-corrected chi connectivity index (χ0v) is 10.3. The molecule has 0 aromatic heterocycles. The van der Waals surface area contributed by atoms with Crippen LogP contribution in [-0.2, 0) is 11.3 Å². The Morgan fingerprint density at radius 3 is 3.06 bits per heavy atom. The largest absolute Gasteiger partial charge is 0.492 e. The van der Waals surface area contributed by atoms with Crippen LogP contribution in [0.2, 0.25) is 5.02 Å². The predicted molar refractivity (Wildman–Crippen MR) is 64.5 cm³/mol. The number of aliphatic carboxylic acids is 1. The third kappa shape index (κ3) is 2.70. The summed E-state index contributed by atoms with van der Waals surface area (Å²) < 4.78 is 5.57.